The molecule has 0 saturated carbocycles. The van der Waals surface area contributed by atoms with Crippen LogP contribution in [-0.4, -0.2) is 23.7 Å². The Morgan fingerprint density at radius 3 is 2.72 bits per heavy atom. The summed E-state index contributed by atoms with van der Waals surface area (Å²) >= 11 is 1.51. The third kappa shape index (κ3) is 4.30. The van der Waals surface area contributed by atoms with Crippen molar-refractivity contribution < 1.29 is 13.2 Å². The number of nitrogens with zero attached hydrogens (tertiary/aromatic N) is 2. The van der Waals surface area contributed by atoms with Gasteiger partial charge in [-0.2, -0.15) is 0 Å². The molecule has 148 valence electrons. The smallest absolute Gasteiger partial charge is 0.261 e. The van der Waals surface area contributed by atoms with Gasteiger partial charge in [0.1, 0.15) is 0 Å². The molecule has 0 fully saturated rings. The van der Waals surface area contributed by atoms with E-state index < -0.39 is 10.0 Å². The third-order valence-corrected chi connectivity index (χ3v) is 6.43. The van der Waals surface area contributed by atoms with E-state index in [4.69, 9.17) is 0 Å². The van der Waals surface area contributed by atoms with Crippen molar-refractivity contribution in [2.24, 2.45) is 0 Å². The van der Waals surface area contributed by atoms with E-state index in [1.54, 1.807) is 24.3 Å². The van der Waals surface area contributed by atoms with Crippen molar-refractivity contribution in [2.75, 3.05) is 4.72 Å². The van der Waals surface area contributed by atoms with Gasteiger partial charge in [0.15, 0.2) is 4.96 Å². The average molecular weight is 427 g/mol. The lowest BCUT2D eigenvalue weighted by atomic mass is 10.2. The van der Waals surface area contributed by atoms with Crippen LogP contribution in [0.25, 0.3) is 4.96 Å². The van der Waals surface area contributed by atoms with Crippen molar-refractivity contribution in [3.63, 3.8) is 0 Å². The number of hydrogen-bond acceptors (Lipinski definition) is 5. The fourth-order valence-electron chi connectivity index (χ4n) is 2.77. The van der Waals surface area contributed by atoms with Crippen LogP contribution in [0.1, 0.15) is 21.6 Å². The first kappa shape index (κ1) is 19.2. The number of nitrogens with one attached hydrogen (secondary N) is 2. The summed E-state index contributed by atoms with van der Waals surface area (Å²) in [7, 11) is -3.80. The highest BCUT2D eigenvalue weighted by Gasteiger charge is 2.17. The lowest BCUT2D eigenvalue weighted by Crippen LogP contribution is -2.23. The molecular formula is C20H18N4O3S2. The van der Waals surface area contributed by atoms with E-state index in [1.165, 1.54) is 23.5 Å². The number of thiazole rings is 1. The minimum atomic E-state index is -3.80. The Kier molecular flexibility index (Phi) is 5.08. The highest BCUT2D eigenvalue weighted by Crippen LogP contribution is 2.18. The maximum absolute atomic E-state index is 12.7. The predicted octanol–water partition coefficient (Wildman–Crippen LogP) is 3.44. The summed E-state index contributed by atoms with van der Waals surface area (Å²) in [5, 5.41) is 4.71. The minimum absolute atomic E-state index is 0.0215. The molecule has 2 aromatic carbocycles. The number of benzene rings is 2. The van der Waals surface area contributed by atoms with Gasteiger partial charge in [0.25, 0.3) is 15.9 Å². The normalized spacial score (nSPS) is 11.5. The van der Waals surface area contributed by atoms with Gasteiger partial charge in [-0.3, -0.25) is 13.9 Å². The Labute approximate surface area is 172 Å². The number of anilines is 1. The van der Waals surface area contributed by atoms with Gasteiger partial charge >= 0.3 is 0 Å². The Bertz CT molecular complexity index is 1250. The van der Waals surface area contributed by atoms with Crippen molar-refractivity contribution in [1.82, 2.24) is 14.7 Å². The van der Waals surface area contributed by atoms with Gasteiger partial charge in [-0.25, -0.2) is 13.4 Å². The Morgan fingerprint density at radius 2 is 1.97 bits per heavy atom. The number of sulfonamides is 1. The van der Waals surface area contributed by atoms with Crippen LogP contribution in [0.4, 0.5) is 5.69 Å². The second kappa shape index (κ2) is 7.69. The van der Waals surface area contributed by atoms with E-state index in [-0.39, 0.29) is 22.9 Å². The quantitative estimate of drug-likeness (QED) is 0.494. The summed E-state index contributed by atoms with van der Waals surface area (Å²) in [6.45, 7) is 2.18. The molecular weight excluding hydrogens is 408 g/mol. The molecule has 4 rings (SSSR count). The molecule has 2 aromatic heterocycles. The van der Waals surface area contributed by atoms with Crippen molar-refractivity contribution in [2.45, 2.75) is 18.4 Å². The van der Waals surface area contributed by atoms with Crippen LogP contribution in [0.15, 0.2) is 71.2 Å². The number of imidazole rings is 1. The number of hydrogen-bond donors (Lipinski definition) is 2. The predicted molar refractivity (Wildman–Crippen MR) is 113 cm³/mol. The van der Waals surface area contributed by atoms with Crippen LogP contribution in [0.3, 0.4) is 0 Å². The molecule has 9 heteroatoms. The zero-order valence-corrected chi connectivity index (χ0v) is 17.1. The van der Waals surface area contributed by atoms with Gasteiger partial charge in [0, 0.05) is 29.0 Å². The van der Waals surface area contributed by atoms with Crippen molar-refractivity contribution in [1.29, 1.82) is 0 Å². The molecule has 0 unspecified atom stereocenters. The number of aryl methyl sites for hydroxylation is 1. The molecule has 2 N–H and O–H groups in total. The van der Waals surface area contributed by atoms with E-state index in [0.29, 0.717) is 5.69 Å². The average Bonchev–Trinajstić information content (AvgIpc) is 3.30. The van der Waals surface area contributed by atoms with Gasteiger partial charge in [0.05, 0.1) is 17.1 Å². The second-order valence-electron chi connectivity index (χ2n) is 6.51. The Hall–Kier alpha value is -3.17. The van der Waals surface area contributed by atoms with Crippen LogP contribution in [0.2, 0.25) is 0 Å². The molecule has 0 radical (unpaired) electrons. The van der Waals surface area contributed by atoms with E-state index >= 15 is 0 Å². The second-order valence-corrected chi connectivity index (χ2v) is 9.06. The third-order valence-electron chi connectivity index (χ3n) is 4.28. The summed E-state index contributed by atoms with van der Waals surface area (Å²) in [4.78, 5) is 17.8. The number of aromatic nitrogens is 2. The molecule has 0 spiro atoms. The van der Waals surface area contributed by atoms with E-state index in [2.05, 4.69) is 15.0 Å². The maximum Gasteiger partial charge on any atom is 0.261 e. The molecule has 1 amide bonds. The van der Waals surface area contributed by atoms with Gasteiger partial charge in [-0.15, -0.1) is 11.3 Å². The SMILES string of the molecule is Cc1ccc(NS(=O)(=O)c2cccc(C(=O)NCc3cn4ccsc4n3)c2)cc1. The zero-order valence-electron chi connectivity index (χ0n) is 15.5. The van der Waals surface area contributed by atoms with Crippen molar-refractivity contribution in [3.8, 4) is 0 Å². The fourth-order valence-corrected chi connectivity index (χ4v) is 4.60. The number of rotatable bonds is 6. The fraction of sp³-hybridized carbons (Fsp3) is 0.100. The van der Waals surface area contributed by atoms with Gasteiger partial charge in [-0.1, -0.05) is 23.8 Å². The van der Waals surface area contributed by atoms with Gasteiger partial charge in [-0.05, 0) is 37.3 Å². The topological polar surface area (TPSA) is 92.6 Å². The molecule has 0 aliphatic carbocycles. The van der Waals surface area contributed by atoms with E-state index in [9.17, 15) is 13.2 Å². The number of carbonyl (C=O) groups excluding carboxylic acids is 1. The summed E-state index contributed by atoms with van der Waals surface area (Å²) in [6.07, 6.45) is 3.74. The largest absolute Gasteiger partial charge is 0.346 e. The lowest BCUT2D eigenvalue weighted by molar-refractivity contribution is 0.0950. The maximum atomic E-state index is 12.7. The van der Waals surface area contributed by atoms with Crippen LogP contribution in [0.5, 0.6) is 0 Å². The van der Waals surface area contributed by atoms with Gasteiger partial charge in [0.2, 0.25) is 0 Å². The van der Waals surface area contributed by atoms with Crippen LogP contribution in [0, 0.1) is 6.92 Å². The standard InChI is InChI=1S/C20H18N4O3S2/c1-14-5-7-16(8-6-14)23-29(26,27)18-4-2-3-15(11-18)19(25)21-12-17-13-24-9-10-28-20(24)22-17/h2-11,13,23H,12H2,1H3,(H,21,25). The minimum Gasteiger partial charge on any atom is -0.346 e. The van der Waals surface area contributed by atoms with Gasteiger partial charge < -0.3 is 5.32 Å². The van der Waals surface area contributed by atoms with Crippen LogP contribution in [-0.2, 0) is 16.6 Å². The highest BCUT2D eigenvalue weighted by molar-refractivity contribution is 7.92. The first-order valence-corrected chi connectivity index (χ1v) is 11.2. The van der Waals surface area contributed by atoms with E-state index in [0.717, 1.165) is 16.2 Å². The highest BCUT2D eigenvalue weighted by atomic mass is 32.2. The molecule has 0 aliphatic rings. The lowest BCUT2D eigenvalue weighted by Gasteiger charge is -2.10. The summed E-state index contributed by atoms with van der Waals surface area (Å²) in [5.41, 5.74) is 2.49. The molecule has 0 atom stereocenters. The summed E-state index contributed by atoms with van der Waals surface area (Å²) in [5.74, 6) is -0.367. The number of amides is 1. The number of fused-ring (bicyclic) bond motifs is 1. The number of carbonyl (C=O) groups is 1. The van der Waals surface area contributed by atoms with Crippen LogP contribution < -0.4 is 10.0 Å². The molecule has 29 heavy (non-hydrogen) atoms. The van der Waals surface area contributed by atoms with Crippen molar-refractivity contribution in [3.05, 3.63) is 83.1 Å². The molecule has 0 saturated heterocycles. The van der Waals surface area contributed by atoms with Crippen molar-refractivity contribution >= 4 is 37.9 Å². The monoisotopic (exact) mass is 426 g/mol. The molecule has 0 aliphatic heterocycles. The first-order chi connectivity index (χ1) is 13.9. The molecule has 4 aromatic rings. The Balaban J connectivity index is 1.47. The molecule has 0 bridgehead atoms. The molecule has 2 heterocycles. The zero-order chi connectivity index (χ0) is 20.4. The first-order valence-electron chi connectivity index (χ1n) is 8.79. The van der Waals surface area contributed by atoms with E-state index in [1.807, 2.05) is 41.2 Å². The summed E-state index contributed by atoms with van der Waals surface area (Å²) < 4.78 is 29.7. The van der Waals surface area contributed by atoms with Crippen LogP contribution >= 0.6 is 11.3 Å². The molecule has 7 nitrogen and oxygen atoms in total. The summed E-state index contributed by atoms with van der Waals surface area (Å²) in [6, 6.07) is 13.0. The Morgan fingerprint density at radius 1 is 1.17 bits per heavy atom.